The van der Waals surface area contributed by atoms with E-state index in [-0.39, 0.29) is 0 Å². The number of aromatic hydroxyl groups is 1. The molecule has 3 N–H and O–H groups in total. The summed E-state index contributed by atoms with van der Waals surface area (Å²) in [5.74, 6) is -4.08. The molecule has 1 aromatic rings. The monoisotopic (exact) mass is 262 g/mol. The Balaban J connectivity index is 2.93. The Hall–Kier alpha value is -1.73. The van der Waals surface area contributed by atoms with Crippen molar-refractivity contribution < 1.29 is 33.6 Å². The maximum absolute atomic E-state index is 12.9. The average molecular weight is 262 g/mol. The van der Waals surface area contributed by atoms with Crippen LogP contribution in [0.25, 0.3) is 0 Å². The number of aliphatic hydroxyl groups is 2. The van der Waals surface area contributed by atoms with Gasteiger partial charge in [0.05, 0.1) is 19.6 Å². The summed E-state index contributed by atoms with van der Waals surface area (Å²) in [4.78, 5) is 10.9. The molecule has 100 valence electrons. The van der Waals surface area contributed by atoms with Crippen LogP contribution >= 0.6 is 0 Å². The smallest absolute Gasteiger partial charge is 0.308 e. The maximum atomic E-state index is 12.9. The zero-order valence-corrected chi connectivity index (χ0v) is 9.43. The fraction of sp³-hybridized carbons (Fsp3) is 0.364. The number of esters is 1. The Labute approximate surface area is 101 Å². The van der Waals surface area contributed by atoms with Crippen LogP contribution in [-0.2, 0) is 9.53 Å². The lowest BCUT2D eigenvalue weighted by Gasteiger charge is -2.18. The third-order valence-corrected chi connectivity index (χ3v) is 2.36. The minimum Gasteiger partial charge on any atom is -0.507 e. The van der Waals surface area contributed by atoms with Crippen LogP contribution in [-0.4, -0.2) is 34.5 Å². The summed E-state index contributed by atoms with van der Waals surface area (Å²) < 4.78 is 30.0. The third kappa shape index (κ3) is 3.14. The molecule has 0 bridgehead atoms. The van der Waals surface area contributed by atoms with E-state index in [1.807, 2.05) is 0 Å². The van der Waals surface area contributed by atoms with E-state index >= 15 is 0 Å². The number of ether oxygens (including phenoxy) is 1. The molecule has 0 aliphatic heterocycles. The van der Waals surface area contributed by atoms with Gasteiger partial charge in [-0.1, -0.05) is 0 Å². The lowest BCUT2D eigenvalue weighted by molar-refractivity contribution is -0.144. The number of carbonyl (C=O) groups is 1. The average Bonchev–Trinajstić information content (AvgIpc) is 2.32. The van der Waals surface area contributed by atoms with Crippen LogP contribution in [0.4, 0.5) is 8.78 Å². The number of benzene rings is 1. The molecule has 0 fully saturated rings. The second-order valence-corrected chi connectivity index (χ2v) is 3.62. The van der Waals surface area contributed by atoms with E-state index in [2.05, 4.69) is 4.74 Å². The minimum atomic E-state index is -1.74. The Bertz CT molecular complexity index is 449. The predicted octanol–water partition coefficient (Wildman–Crippen LogP) is 0.628. The normalized spacial score (nSPS) is 14.1. The van der Waals surface area contributed by atoms with Gasteiger partial charge in [0.25, 0.3) is 0 Å². The molecule has 0 aliphatic carbocycles. The zero-order chi connectivity index (χ0) is 13.9. The van der Waals surface area contributed by atoms with Crippen LogP contribution in [0.2, 0.25) is 0 Å². The zero-order valence-electron chi connectivity index (χ0n) is 9.43. The molecular formula is C11H12F2O5. The standard InChI is InChI=1S/C11H12F2O5/c1-18-10(16)4-9(15)11(17)5-2-6(12)7(13)3-8(5)14/h2-3,9,11,14-15,17H,4H2,1H3. The van der Waals surface area contributed by atoms with Crippen molar-refractivity contribution in [2.45, 2.75) is 18.6 Å². The van der Waals surface area contributed by atoms with Crippen molar-refractivity contribution in [1.29, 1.82) is 0 Å². The number of rotatable bonds is 4. The van der Waals surface area contributed by atoms with Gasteiger partial charge in [0, 0.05) is 11.6 Å². The lowest BCUT2D eigenvalue weighted by atomic mass is 10.0. The number of phenolic OH excluding ortho intramolecular Hbond substituents is 1. The SMILES string of the molecule is COC(=O)CC(O)C(O)c1cc(F)c(F)cc1O. The van der Waals surface area contributed by atoms with E-state index in [1.165, 1.54) is 0 Å². The fourth-order valence-electron chi connectivity index (χ4n) is 1.36. The highest BCUT2D eigenvalue weighted by molar-refractivity contribution is 5.69. The summed E-state index contributed by atoms with van der Waals surface area (Å²) in [6.07, 6.45) is -3.89. The van der Waals surface area contributed by atoms with Gasteiger partial charge in [-0.25, -0.2) is 8.78 Å². The van der Waals surface area contributed by atoms with Crippen molar-refractivity contribution in [3.05, 3.63) is 29.3 Å². The van der Waals surface area contributed by atoms with Crippen molar-refractivity contribution in [3.8, 4) is 5.75 Å². The van der Waals surface area contributed by atoms with E-state index in [9.17, 15) is 28.9 Å². The van der Waals surface area contributed by atoms with Gasteiger partial charge in [-0.2, -0.15) is 0 Å². The summed E-state index contributed by atoms with van der Waals surface area (Å²) >= 11 is 0. The van der Waals surface area contributed by atoms with Gasteiger partial charge in [0.2, 0.25) is 0 Å². The Morgan fingerprint density at radius 3 is 2.44 bits per heavy atom. The van der Waals surface area contributed by atoms with Gasteiger partial charge in [-0.05, 0) is 6.07 Å². The lowest BCUT2D eigenvalue weighted by Crippen LogP contribution is -2.22. The summed E-state index contributed by atoms with van der Waals surface area (Å²) in [6.45, 7) is 0. The molecule has 5 nitrogen and oxygen atoms in total. The number of methoxy groups -OCH3 is 1. The van der Waals surface area contributed by atoms with Crippen LogP contribution in [0.5, 0.6) is 5.75 Å². The number of hydrogen-bond donors (Lipinski definition) is 3. The first-order chi connectivity index (χ1) is 8.36. The van der Waals surface area contributed by atoms with Crippen molar-refractivity contribution in [2.24, 2.45) is 0 Å². The third-order valence-electron chi connectivity index (χ3n) is 2.36. The van der Waals surface area contributed by atoms with Crippen LogP contribution in [0.3, 0.4) is 0 Å². The molecule has 2 unspecified atom stereocenters. The van der Waals surface area contributed by atoms with Crippen LogP contribution < -0.4 is 0 Å². The molecule has 0 aromatic heterocycles. The van der Waals surface area contributed by atoms with E-state index in [1.54, 1.807) is 0 Å². The van der Waals surface area contributed by atoms with Gasteiger partial charge in [0.15, 0.2) is 11.6 Å². The van der Waals surface area contributed by atoms with E-state index in [0.29, 0.717) is 12.1 Å². The number of halogens is 2. The summed E-state index contributed by atoms with van der Waals surface area (Å²) in [5, 5.41) is 28.4. The number of phenols is 1. The Morgan fingerprint density at radius 1 is 1.33 bits per heavy atom. The highest BCUT2D eigenvalue weighted by atomic mass is 19.2. The number of aliphatic hydroxyl groups excluding tert-OH is 2. The number of hydrogen-bond acceptors (Lipinski definition) is 5. The molecule has 0 heterocycles. The topological polar surface area (TPSA) is 87.0 Å². The molecule has 1 aromatic carbocycles. The fourth-order valence-corrected chi connectivity index (χ4v) is 1.36. The van der Waals surface area contributed by atoms with Gasteiger partial charge in [-0.3, -0.25) is 4.79 Å². The van der Waals surface area contributed by atoms with Crippen LogP contribution in [0.15, 0.2) is 12.1 Å². The molecule has 2 atom stereocenters. The maximum Gasteiger partial charge on any atom is 0.308 e. The molecule has 0 saturated heterocycles. The van der Waals surface area contributed by atoms with Crippen molar-refractivity contribution in [3.63, 3.8) is 0 Å². The summed E-state index contributed by atoms with van der Waals surface area (Å²) in [7, 11) is 1.09. The Kier molecular flexibility index (Phi) is 4.57. The highest BCUT2D eigenvalue weighted by Gasteiger charge is 2.25. The quantitative estimate of drug-likeness (QED) is 0.693. The number of carbonyl (C=O) groups excluding carboxylic acids is 1. The first kappa shape index (κ1) is 14.3. The highest BCUT2D eigenvalue weighted by Crippen LogP contribution is 2.29. The van der Waals surface area contributed by atoms with Crippen molar-refractivity contribution >= 4 is 5.97 Å². The molecule has 0 spiro atoms. The molecule has 18 heavy (non-hydrogen) atoms. The van der Waals surface area contributed by atoms with Gasteiger partial charge < -0.3 is 20.1 Å². The second kappa shape index (κ2) is 5.74. The first-order valence-electron chi connectivity index (χ1n) is 4.97. The van der Waals surface area contributed by atoms with Crippen molar-refractivity contribution in [1.82, 2.24) is 0 Å². The molecule has 1 rings (SSSR count). The van der Waals surface area contributed by atoms with Crippen LogP contribution in [0, 0.1) is 11.6 Å². The van der Waals surface area contributed by atoms with Gasteiger partial charge in [-0.15, -0.1) is 0 Å². The van der Waals surface area contributed by atoms with Crippen LogP contribution in [0.1, 0.15) is 18.1 Å². The first-order valence-corrected chi connectivity index (χ1v) is 4.97. The summed E-state index contributed by atoms with van der Waals surface area (Å²) in [6, 6.07) is 1.02. The molecule has 0 saturated carbocycles. The Morgan fingerprint density at radius 2 is 1.89 bits per heavy atom. The predicted molar refractivity (Wildman–Crippen MR) is 55.6 cm³/mol. The summed E-state index contributed by atoms with van der Waals surface area (Å²) in [5.41, 5.74) is -0.412. The molecule has 0 radical (unpaired) electrons. The van der Waals surface area contributed by atoms with E-state index < -0.39 is 47.5 Å². The minimum absolute atomic E-state index is 0.412. The van der Waals surface area contributed by atoms with Gasteiger partial charge in [0.1, 0.15) is 11.9 Å². The largest absolute Gasteiger partial charge is 0.507 e. The molecular weight excluding hydrogens is 250 g/mol. The molecule has 7 heteroatoms. The van der Waals surface area contributed by atoms with Crippen molar-refractivity contribution in [2.75, 3.05) is 7.11 Å². The molecule has 0 amide bonds. The van der Waals surface area contributed by atoms with E-state index in [0.717, 1.165) is 7.11 Å². The second-order valence-electron chi connectivity index (χ2n) is 3.62. The van der Waals surface area contributed by atoms with Gasteiger partial charge >= 0.3 is 5.97 Å². The van der Waals surface area contributed by atoms with E-state index in [4.69, 9.17) is 0 Å². The molecule has 0 aliphatic rings.